The van der Waals surface area contributed by atoms with Gasteiger partial charge in [0.25, 0.3) is 0 Å². The minimum atomic E-state index is -0.566. The van der Waals surface area contributed by atoms with Crippen molar-refractivity contribution in [1.82, 2.24) is 4.90 Å². The summed E-state index contributed by atoms with van der Waals surface area (Å²) in [6.07, 6.45) is 0.601. The molecule has 0 unspecified atom stereocenters. The summed E-state index contributed by atoms with van der Waals surface area (Å²) in [6, 6.07) is 7.84. The van der Waals surface area contributed by atoms with Gasteiger partial charge in [-0.05, 0) is 59.1 Å². The van der Waals surface area contributed by atoms with Gasteiger partial charge in [0, 0.05) is 17.6 Å². The molecule has 1 saturated heterocycles. The van der Waals surface area contributed by atoms with E-state index in [2.05, 4.69) is 32.6 Å². The SMILES string of the molecule is Cc1ccccc1OC[C@H](O)CN1C(C)(C)CC(O)CC1(C)C. The molecule has 1 aromatic rings. The van der Waals surface area contributed by atoms with E-state index in [0.717, 1.165) is 24.2 Å². The molecule has 0 amide bonds. The maximum absolute atomic E-state index is 10.5. The quantitative estimate of drug-likeness (QED) is 0.875. The Morgan fingerprint density at radius 2 is 1.74 bits per heavy atom. The molecule has 4 heteroatoms. The number of rotatable bonds is 5. The smallest absolute Gasteiger partial charge is 0.122 e. The van der Waals surface area contributed by atoms with Crippen LogP contribution >= 0.6 is 0 Å². The van der Waals surface area contributed by atoms with Crippen LogP contribution in [0, 0.1) is 6.92 Å². The molecule has 1 atom stereocenters. The van der Waals surface area contributed by atoms with Crippen LogP contribution in [0.1, 0.15) is 46.1 Å². The number of likely N-dealkylation sites (tertiary alicyclic amines) is 1. The number of aliphatic hydroxyl groups is 2. The molecule has 0 spiro atoms. The highest BCUT2D eigenvalue weighted by Crippen LogP contribution is 2.38. The number of aryl methyl sites for hydroxylation is 1. The summed E-state index contributed by atoms with van der Waals surface area (Å²) in [5.41, 5.74) is 0.775. The molecule has 130 valence electrons. The second kappa shape index (κ2) is 6.80. The number of hydrogen-bond donors (Lipinski definition) is 2. The van der Waals surface area contributed by atoms with Crippen LogP contribution in [0.15, 0.2) is 24.3 Å². The molecular formula is C19H31NO3. The molecule has 0 saturated carbocycles. The van der Waals surface area contributed by atoms with E-state index >= 15 is 0 Å². The number of benzene rings is 1. The van der Waals surface area contributed by atoms with Gasteiger partial charge in [-0.2, -0.15) is 0 Å². The summed E-state index contributed by atoms with van der Waals surface area (Å²) in [4.78, 5) is 2.30. The topological polar surface area (TPSA) is 52.9 Å². The number of aliphatic hydroxyl groups excluding tert-OH is 2. The normalized spacial score (nSPS) is 22.7. The van der Waals surface area contributed by atoms with Crippen LogP contribution in [-0.2, 0) is 0 Å². The van der Waals surface area contributed by atoms with Crippen LogP contribution in [0.3, 0.4) is 0 Å². The lowest BCUT2D eigenvalue weighted by atomic mass is 9.78. The molecule has 4 nitrogen and oxygen atoms in total. The lowest BCUT2D eigenvalue weighted by molar-refractivity contribution is -0.1000. The molecule has 0 radical (unpaired) electrons. The van der Waals surface area contributed by atoms with Crippen molar-refractivity contribution in [3.05, 3.63) is 29.8 Å². The number of ether oxygens (including phenoxy) is 1. The average Bonchev–Trinajstić information content (AvgIpc) is 2.41. The maximum Gasteiger partial charge on any atom is 0.122 e. The molecule has 1 aliphatic rings. The van der Waals surface area contributed by atoms with Gasteiger partial charge in [-0.15, -0.1) is 0 Å². The van der Waals surface area contributed by atoms with Crippen molar-refractivity contribution in [3.8, 4) is 5.75 Å². The molecule has 2 rings (SSSR count). The van der Waals surface area contributed by atoms with E-state index < -0.39 is 6.10 Å². The monoisotopic (exact) mass is 321 g/mol. The van der Waals surface area contributed by atoms with Crippen molar-refractivity contribution in [1.29, 1.82) is 0 Å². The van der Waals surface area contributed by atoms with Gasteiger partial charge >= 0.3 is 0 Å². The van der Waals surface area contributed by atoms with Crippen LogP contribution in [0.4, 0.5) is 0 Å². The molecule has 23 heavy (non-hydrogen) atoms. The number of para-hydroxylation sites is 1. The zero-order chi connectivity index (χ0) is 17.3. The zero-order valence-electron chi connectivity index (χ0n) is 15.0. The fourth-order valence-electron chi connectivity index (χ4n) is 3.93. The van der Waals surface area contributed by atoms with Crippen LogP contribution < -0.4 is 4.74 Å². The van der Waals surface area contributed by atoms with Gasteiger partial charge in [-0.25, -0.2) is 0 Å². The molecule has 1 heterocycles. The second-order valence-electron chi connectivity index (χ2n) is 8.03. The predicted octanol–water partition coefficient (Wildman–Crippen LogP) is 2.75. The first kappa shape index (κ1) is 18.2. The number of β-amino-alcohol motifs (C(OH)–C–C–N with tert-alkyl or cyclic N) is 1. The maximum atomic E-state index is 10.5. The third kappa shape index (κ3) is 4.46. The van der Waals surface area contributed by atoms with Crippen molar-refractivity contribution >= 4 is 0 Å². The lowest BCUT2D eigenvalue weighted by Gasteiger charge is -2.54. The second-order valence-corrected chi connectivity index (χ2v) is 8.03. The van der Waals surface area contributed by atoms with Gasteiger partial charge in [0.1, 0.15) is 18.5 Å². The Morgan fingerprint density at radius 1 is 1.17 bits per heavy atom. The average molecular weight is 321 g/mol. The lowest BCUT2D eigenvalue weighted by Crippen LogP contribution is -2.63. The van der Waals surface area contributed by atoms with E-state index in [1.54, 1.807) is 0 Å². The molecule has 1 aromatic carbocycles. The summed E-state index contributed by atoms with van der Waals surface area (Å²) in [5.74, 6) is 0.819. The molecule has 1 aliphatic heterocycles. The van der Waals surface area contributed by atoms with Crippen molar-refractivity contribution in [2.45, 2.75) is 70.7 Å². The number of hydrogen-bond acceptors (Lipinski definition) is 4. The van der Waals surface area contributed by atoms with E-state index in [4.69, 9.17) is 4.74 Å². The van der Waals surface area contributed by atoms with Gasteiger partial charge in [0.15, 0.2) is 0 Å². The first-order chi connectivity index (χ1) is 10.6. The molecule has 0 bridgehead atoms. The van der Waals surface area contributed by atoms with Gasteiger partial charge < -0.3 is 14.9 Å². The number of piperidine rings is 1. The molecule has 0 aliphatic carbocycles. The Kier molecular flexibility index (Phi) is 5.39. The fraction of sp³-hybridized carbons (Fsp3) is 0.684. The predicted molar refractivity (Wildman–Crippen MR) is 92.8 cm³/mol. The highest BCUT2D eigenvalue weighted by molar-refractivity contribution is 5.31. The van der Waals surface area contributed by atoms with Crippen molar-refractivity contribution in [2.75, 3.05) is 13.2 Å². The van der Waals surface area contributed by atoms with Gasteiger partial charge in [0.2, 0.25) is 0 Å². The van der Waals surface area contributed by atoms with Gasteiger partial charge in [-0.3, -0.25) is 4.90 Å². The van der Waals surface area contributed by atoms with Crippen LogP contribution in [-0.4, -0.2) is 51.6 Å². The summed E-state index contributed by atoms with van der Waals surface area (Å²) in [5, 5.41) is 20.6. The standard InChI is InChI=1S/C19H31NO3/c1-14-8-6-7-9-17(14)23-13-16(22)12-20-18(2,3)10-15(21)11-19(20,4)5/h6-9,15-16,21-22H,10-13H2,1-5H3/t16-/m1/s1. The third-order valence-electron chi connectivity index (χ3n) is 4.85. The van der Waals surface area contributed by atoms with E-state index in [1.807, 2.05) is 31.2 Å². The van der Waals surface area contributed by atoms with E-state index in [9.17, 15) is 10.2 Å². The summed E-state index contributed by atoms with van der Waals surface area (Å²) in [7, 11) is 0. The third-order valence-corrected chi connectivity index (χ3v) is 4.85. The Labute approximate surface area is 140 Å². The minimum absolute atomic E-state index is 0.148. The number of nitrogens with zero attached hydrogens (tertiary/aromatic N) is 1. The Hall–Kier alpha value is -1.10. The van der Waals surface area contributed by atoms with Crippen molar-refractivity contribution in [2.24, 2.45) is 0 Å². The largest absolute Gasteiger partial charge is 0.491 e. The van der Waals surface area contributed by atoms with E-state index in [0.29, 0.717) is 6.54 Å². The zero-order valence-corrected chi connectivity index (χ0v) is 15.0. The van der Waals surface area contributed by atoms with Crippen molar-refractivity contribution < 1.29 is 14.9 Å². The van der Waals surface area contributed by atoms with Crippen LogP contribution in [0.25, 0.3) is 0 Å². The Morgan fingerprint density at radius 3 is 2.30 bits per heavy atom. The minimum Gasteiger partial charge on any atom is -0.491 e. The van der Waals surface area contributed by atoms with E-state index in [1.165, 1.54) is 0 Å². The summed E-state index contributed by atoms with van der Waals surface area (Å²) < 4.78 is 5.77. The van der Waals surface area contributed by atoms with Crippen LogP contribution in [0.2, 0.25) is 0 Å². The summed E-state index contributed by atoms with van der Waals surface area (Å²) in [6.45, 7) is 11.3. The molecule has 1 fully saturated rings. The molecular weight excluding hydrogens is 290 g/mol. The fourth-order valence-corrected chi connectivity index (χ4v) is 3.93. The highest BCUT2D eigenvalue weighted by Gasteiger charge is 2.45. The van der Waals surface area contributed by atoms with Gasteiger partial charge in [0.05, 0.1) is 6.10 Å². The molecule has 2 N–H and O–H groups in total. The summed E-state index contributed by atoms with van der Waals surface area (Å²) >= 11 is 0. The van der Waals surface area contributed by atoms with E-state index in [-0.39, 0.29) is 23.8 Å². The van der Waals surface area contributed by atoms with Crippen LogP contribution in [0.5, 0.6) is 5.75 Å². The Bertz CT molecular complexity index is 509. The first-order valence-electron chi connectivity index (χ1n) is 8.44. The van der Waals surface area contributed by atoms with Gasteiger partial charge in [-0.1, -0.05) is 18.2 Å². The molecule has 0 aromatic heterocycles. The first-order valence-corrected chi connectivity index (χ1v) is 8.44. The highest BCUT2D eigenvalue weighted by atomic mass is 16.5. The Balaban J connectivity index is 1.98. The van der Waals surface area contributed by atoms with Crippen molar-refractivity contribution in [3.63, 3.8) is 0 Å².